The molecule has 0 amide bonds. The Hall–Kier alpha value is -1.34. The highest BCUT2D eigenvalue weighted by atomic mass is 35.5. The van der Waals surface area contributed by atoms with Gasteiger partial charge in [-0.1, -0.05) is 290 Å². The summed E-state index contributed by atoms with van der Waals surface area (Å²) in [7, 11) is 6.25. The van der Waals surface area contributed by atoms with E-state index in [1.807, 2.05) is 0 Å². The lowest BCUT2D eigenvalue weighted by molar-refractivity contribution is -0.877. The van der Waals surface area contributed by atoms with Gasteiger partial charge in [0.05, 0.1) is 27.7 Å². The topological polar surface area (TPSA) is 78.9 Å². The second-order valence-electron chi connectivity index (χ2n) is 23.0. The fourth-order valence-corrected chi connectivity index (χ4v) is 10.1. The lowest BCUT2D eigenvalue weighted by Crippen LogP contribution is -3.00. The smallest absolute Gasteiger partial charge is 0.305 e. The van der Waals surface area contributed by atoms with Crippen molar-refractivity contribution in [2.75, 3.05) is 47.5 Å². The third kappa shape index (κ3) is 53.0. The molecule has 0 aromatic rings. The van der Waals surface area contributed by atoms with E-state index in [9.17, 15) is 14.4 Å². The molecule has 0 unspecified atom stereocenters. The molecule has 0 fully saturated rings. The quantitative estimate of drug-likeness (QED) is 0.0261. The number of esters is 3. The van der Waals surface area contributed by atoms with E-state index in [0.717, 1.165) is 57.8 Å². The second-order valence-corrected chi connectivity index (χ2v) is 23.0. The number of carbonyl (C=O) groups excluding carboxylic acids is 3. The van der Waals surface area contributed by atoms with Crippen LogP contribution in [0, 0.1) is 5.41 Å². The van der Waals surface area contributed by atoms with Crippen LogP contribution in [-0.4, -0.2) is 69.9 Å². The van der Waals surface area contributed by atoms with Crippen LogP contribution in [0.2, 0.25) is 0 Å². The first kappa shape index (κ1) is 70.7. The molecule has 0 heterocycles. The summed E-state index contributed by atoms with van der Waals surface area (Å²) in [4.78, 5) is 39.5. The second kappa shape index (κ2) is 53.9. The first-order valence-electron chi connectivity index (χ1n) is 30.8. The molecule has 0 N–H and O–H groups in total. The van der Waals surface area contributed by atoms with E-state index >= 15 is 0 Å². The highest BCUT2D eigenvalue weighted by Gasteiger charge is 2.41. The molecule has 0 aromatic carbocycles. The number of carbonyl (C=O) groups is 3. The molecule has 0 saturated carbocycles. The summed E-state index contributed by atoms with van der Waals surface area (Å²) in [6.45, 7) is 7.58. The van der Waals surface area contributed by atoms with Crippen molar-refractivity contribution in [3.8, 4) is 0 Å². The average molecular weight is 1010 g/mol. The van der Waals surface area contributed by atoms with Gasteiger partial charge in [0.15, 0.2) is 0 Å². The largest absolute Gasteiger partial charge is 1.00 e. The normalized spacial score (nSPS) is 11.7. The third-order valence-electron chi connectivity index (χ3n) is 14.4. The van der Waals surface area contributed by atoms with Gasteiger partial charge in [0.1, 0.15) is 25.2 Å². The van der Waals surface area contributed by atoms with E-state index < -0.39 is 5.41 Å². The molecule has 7 nitrogen and oxygen atoms in total. The predicted octanol–water partition coefficient (Wildman–Crippen LogP) is 16.1. The van der Waals surface area contributed by atoms with Crippen LogP contribution in [0.25, 0.3) is 0 Å². The minimum Gasteiger partial charge on any atom is -1.00 e. The number of nitrogens with zero attached hydrogens (tertiary/aromatic N) is 1. The standard InChI is InChI=1S/C62H122NO6.ClH/c1-7-10-13-16-19-22-25-28-31-34-37-40-43-46-49-52-59(64)67-56-62(55-63(4,5)6,57-68-60(65)53-50-47-44-41-38-35-32-29-26-23-20-17-14-11-8-2)58-69-61(66)54-51-48-45-42-39-36-33-30-27-24-21-18-15-12-9-3;/h7-58H2,1-6H3;1H/q+1;/p-1. The van der Waals surface area contributed by atoms with Crippen LogP contribution in [0.4, 0.5) is 0 Å². The summed E-state index contributed by atoms with van der Waals surface area (Å²) in [6.07, 6.45) is 58.9. The van der Waals surface area contributed by atoms with Crippen LogP contribution in [0.1, 0.15) is 329 Å². The SMILES string of the molecule is CCCCCCCCCCCCCCCCCC(=O)OCC(COC(=O)CCCCCCCCCCCCCCCCC)(COC(=O)CCCCCCCCCCCCCCCCC)C[N+](C)(C)C.[Cl-]. The summed E-state index contributed by atoms with van der Waals surface area (Å²) in [6, 6.07) is 0. The van der Waals surface area contributed by atoms with Gasteiger partial charge in [0, 0.05) is 19.3 Å². The zero-order valence-corrected chi connectivity index (χ0v) is 48.8. The zero-order valence-electron chi connectivity index (χ0n) is 48.0. The molecule has 8 heteroatoms. The van der Waals surface area contributed by atoms with Crippen molar-refractivity contribution in [2.24, 2.45) is 5.41 Å². The number of halogens is 1. The molecule has 418 valence electrons. The third-order valence-corrected chi connectivity index (χ3v) is 14.4. The monoisotopic (exact) mass is 1010 g/mol. The van der Waals surface area contributed by atoms with Gasteiger partial charge >= 0.3 is 17.9 Å². The fourth-order valence-electron chi connectivity index (χ4n) is 10.1. The van der Waals surface area contributed by atoms with Gasteiger partial charge in [0.25, 0.3) is 0 Å². The first-order valence-corrected chi connectivity index (χ1v) is 30.8. The summed E-state index contributed by atoms with van der Waals surface area (Å²) in [5, 5.41) is 0. The van der Waals surface area contributed by atoms with Gasteiger partial charge in [-0.3, -0.25) is 14.4 Å². The van der Waals surface area contributed by atoms with Crippen LogP contribution < -0.4 is 12.4 Å². The number of hydrogen-bond acceptors (Lipinski definition) is 6. The summed E-state index contributed by atoms with van der Waals surface area (Å²) < 4.78 is 18.5. The molecule has 0 bridgehead atoms. The lowest BCUT2D eigenvalue weighted by atomic mass is 9.89. The van der Waals surface area contributed by atoms with Crippen molar-refractivity contribution < 1.29 is 45.5 Å². The van der Waals surface area contributed by atoms with Crippen molar-refractivity contribution in [3.63, 3.8) is 0 Å². The molecular formula is C62H122ClNO6. The summed E-state index contributed by atoms with van der Waals surface area (Å²) in [5.41, 5.74) is -0.821. The Morgan fingerprint density at radius 1 is 0.286 bits per heavy atom. The molecule has 0 rings (SSSR count). The van der Waals surface area contributed by atoms with Gasteiger partial charge < -0.3 is 31.1 Å². The fraction of sp³-hybridized carbons (Fsp3) is 0.952. The average Bonchev–Trinajstić information content (AvgIpc) is 3.32. The maximum absolute atomic E-state index is 13.2. The van der Waals surface area contributed by atoms with Gasteiger partial charge in [-0.15, -0.1) is 0 Å². The van der Waals surface area contributed by atoms with Gasteiger partial charge in [0.2, 0.25) is 0 Å². The molecule has 0 radical (unpaired) electrons. The lowest BCUT2D eigenvalue weighted by Gasteiger charge is -2.38. The Balaban J connectivity index is 0. The molecule has 70 heavy (non-hydrogen) atoms. The first-order chi connectivity index (χ1) is 33.6. The number of unbranched alkanes of at least 4 members (excludes halogenated alkanes) is 42. The zero-order chi connectivity index (χ0) is 50.6. The molecule has 0 aliphatic heterocycles. The Kier molecular flexibility index (Phi) is 54.5. The van der Waals surface area contributed by atoms with E-state index in [1.54, 1.807) is 0 Å². The van der Waals surface area contributed by atoms with Crippen LogP contribution >= 0.6 is 0 Å². The Bertz CT molecular complexity index is 989. The molecule has 0 atom stereocenters. The summed E-state index contributed by atoms with van der Waals surface area (Å²) >= 11 is 0. The van der Waals surface area contributed by atoms with Gasteiger partial charge in [-0.25, -0.2) is 0 Å². The highest BCUT2D eigenvalue weighted by Crippen LogP contribution is 2.26. The minimum atomic E-state index is -0.821. The van der Waals surface area contributed by atoms with Crippen LogP contribution in [0.5, 0.6) is 0 Å². The van der Waals surface area contributed by atoms with Crippen molar-refractivity contribution in [1.82, 2.24) is 0 Å². The maximum Gasteiger partial charge on any atom is 0.305 e. The number of quaternary nitrogens is 1. The van der Waals surface area contributed by atoms with Gasteiger partial charge in [-0.05, 0) is 19.3 Å². The van der Waals surface area contributed by atoms with E-state index in [0.29, 0.717) is 30.3 Å². The Morgan fingerprint density at radius 3 is 0.600 bits per heavy atom. The van der Waals surface area contributed by atoms with Crippen LogP contribution in [0.3, 0.4) is 0 Å². The predicted molar refractivity (Wildman–Crippen MR) is 297 cm³/mol. The number of hydrogen-bond donors (Lipinski definition) is 0. The van der Waals surface area contributed by atoms with Crippen molar-refractivity contribution in [1.29, 1.82) is 0 Å². The van der Waals surface area contributed by atoms with Gasteiger partial charge in [-0.2, -0.15) is 0 Å². The van der Waals surface area contributed by atoms with E-state index in [-0.39, 0.29) is 50.1 Å². The highest BCUT2D eigenvalue weighted by molar-refractivity contribution is 5.70. The van der Waals surface area contributed by atoms with Crippen LogP contribution in [-0.2, 0) is 28.6 Å². The molecule has 0 spiro atoms. The van der Waals surface area contributed by atoms with Crippen molar-refractivity contribution in [2.45, 2.75) is 329 Å². The Morgan fingerprint density at radius 2 is 0.443 bits per heavy atom. The molecule has 0 aromatic heterocycles. The van der Waals surface area contributed by atoms with E-state index in [2.05, 4.69) is 41.9 Å². The summed E-state index contributed by atoms with van der Waals surface area (Å²) in [5.74, 6) is -0.656. The molecule has 0 aliphatic carbocycles. The van der Waals surface area contributed by atoms with E-state index in [4.69, 9.17) is 14.2 Å². The number of ether oxygens (including phenoxy) is 3. The van der Waals surface area contributed by atoms with E-state index in [1.165, 1.54) is 231 Å². The molecular weight excluding hydrogens is 890 g/mol. The van der Waals surface area contributed by atoms with Crippen molar-refractivity contribution in [3.05, 3.63) is 0 Å². The maximum atomic E-state index is 13.2. The van der Waals surface area contributed by atoms with Crippen LogP contribution in [0.15, 0.2) is 0 Å². The van der Waals surface area contributed by atoms with Crippen molar-refractivity contribution >= 4 is 17.9 Å². The minimum absolute atomic E-state index is 0. The molecule has 0 aliphatic rings. The Labute approximate surface area is 443 Å². The molecule has 0 saturated heterocycles. The number of rotatable bonds is 56.